The van der Waals surface area contributed by atoms with E-state index in [1.54, 1.807) is 0 Å². The Hall–Kier alpha value is -0.150. The molecule has 1 nitrogen and oxygen atoms in total. The Bertz CT molecular complexity index is 292. The van der Waals surface area contributed by atoms with Gasteiger partial charge in [-0.25, -0.2) is 0 Å². The van der Waals surface area contributed by atoms with Crippen LogP contribution in [0.2, 0.25) is 0 Å². The van der Waals surface area contributed by atoms with Crippen LogP contribution in [0.15, 0.2) is 24.3 Å². The second-order valence-corrected chi connectivity index (χ2v) is 4.35. The van der Waals surface area contributed by atoms with Crippen molar-refractivity contribution < 1.29 is 4.79 Å². The van der Waals surface area contributed by atoms with Gasteiger partial charge in [-0.1, -0.05) is 61.7 Å². The molecule has 1 atom stereocenters. The molecule has 70 valence electrons. The van der Waals surface area contributed by atoms with E-state index in [0.29, 0.717) is 5.33 Å². The molecule has 0 radical (unpaired) electrons. The number of carbonyl (C=O) groups is 1. The van der Waals surface area contributed by atoms with Gasteiger partial charge in [0.05, 0.1) is 10.2 Å². The number of benzene rings is 1. The van der Waals surface area contributed by atoms with Crippen LogP contribution in [0.3, 0.4) is 0 Å². The zero-order valence-corrected chi connectivity index (χ0v) is 10.4. The molecular formula is C10H10Br2O. The van der Waals surface area contributed by atoms with Crippen molar-refractivity contribution in [2.24, 2.45) is 0 Å². The second-order valence-electron chi connectivity index (χ2n) is 2.87. The number of halogens is 2. The van der Waals surface area contributed by atoms with Crippen molar-refractivity contribution in [3.63, 3.8) is 0 Å². The van der Waals surface area contributed by atoms with E-state index in [9.17, 15) is 4.79 Å². The monoisotopic (exact) mass is 304 g/mol. The molecule has 0 aliphatic heterocycles. The first-order valence-corrected chi connectivity index (χ1v) is 5.98. The van der Waals surface area contributed by atoms with Crippen LogP contribution < -0.4 is 0 Å². The summed E-state index contributed by atoms with van der Waals surface area (Å²) in [4.78, 5) is 11.1. The van der Waals surface area contributed by atoms with Crippen LogP contribution in [0.4, 0.5) is 0 Å². The molecule has 1 aromatic carbocycles. The van der Waals surface area contributed by atoms with E-state index in [1.165, 1.54) is 5.56 Å². The molecule has 0 saturated carbocycles. The fourth-order valence-corrected chi connectivity index (χ4v) is 2.21. The molecule has 0 saturated heterocycles. The van der Waals surface area contributed by atoms with Gasteiger partial charge in [0.25, 0.3) is 0 Å². The average molecular weight is 306 g/mol. The summed E-state index contributed by atoms with van der Waals surface area (Å²) >= 11 is 6.50. The fraction of sp³-hybridized carbons (Fsp3) is 0.300. The molecule has 0 bridgehead atoms. The summed E-state index contributed by atoms with van der Waals surface area (Å²) in [6.45, 7) is 2.03. The largest absolute Gasteiger partial charge is 0.297 e. The topological polar surface area (TPSA) is 17.1 Å². The van der Waals surface area contributed by atoms with Gasteiger partial charge in [-0.2, -0.15) is 0 Å². The number of aryl methyl sites for hydroxylation is 1. The van der Waals surface area contributed by atoms with Crippen molar-refractivity contribution >= 4 is 37.6 Å². The number of alkyl halides is 2. The first-order valence-electron chi connectivity index (χ1n) is 3.94. The molecule has 1 unspecified atom stereocenters. The molecule has 0 amide bonds. The SMILES string of the molecule is Cc1ccc(C(Br)C(=O)CBr)cc1. The average Bonchev–Trinajstić information content (AvgIpc) is 2.17. The third-order valence-corrected chi connectivity index (χ3v) is 3.38. The van der Waals surface area contributed by atoms with Gasteiger partial charge in [0.15, 0.2) is 5.78 Å². The van der Waals surface area contributed by atoms with Gasteiger partial charge >= 0.3 is 0 Å². The maximum Gasteiger partial charge on any atom is 0.161 e. The number of carbonyl (C=O) groups excluding carboxylic acids is 1. The maximum absolute atomic E-state index is 11.3. The third-order valence-electron chi connectivity index (χ3n) is 1.78. The molecule has 13 heavy (non-hydrogen) atoms. The van der Waals surface area contributed by atoms with Gasteiger partial charge in [0.1, 0.15) is 0 Å². The minimum absolute atomic E-state index is 0.142. The lowest BCUT2D eigenvalue weighted by atomic mass is 10.1. The van der Waals surface area contributed by atoms with Gasteiger partial charge in [0, 0.05) is 0 Å². The van der Waals surface area contributed by atoms with Crippen LogP contribution in [0.5, 0.6) is 0 Å². The first kappa shape index (κ1) is 10.9. The second kappa shape index (κ2) is 4.91. The Morgan fingerprint density at radius 1 is 1.38 bits per heavy atom. The van der Waals surface area contributed by atoms with Crippen LogP contribution in [0, 0.1) is 6.92 Å². The molecule has 0 aliphatic rings. The number of hydrogen-bond acceptors (Lipinski definition) is 1. The van der Waals surface area contributed by atoms with Gasteiger partial charge in [-0.15, -0.1) is 0 Å². The van der Waals surface area contributed by atoms with E-state index in [0.717, 1.165) is 5.56 Å². The van der Waals surface area contributed by atoms with E-state index in [2.05, 4.69) is 31.9 Å². The summed E-state index contributed by atoms with van der Waals surface area (Å²) < 4.78 is 0. The van der Waals surface area contributed by atoms with Crippen molar-refractivity contribution in [1.82, 2.24) is 0 Å². The van der Waals surface area contributed by atoms with E-state index in [4.69, 9.17) is 0 Å². The smallest absolute Gasteiger partial charge is 0.161 e. The Kier molecular flexibility index (Phi) is 4.13. The minimum atomic E-state index is -0.188. The Morgan fingerprint density at radius 2 is 1.92 bits per heavy atom. The molecule has 0 N–H and O–H groups in total. The Balaban J connectivity index is 2.83. The summed E-state index contributed by atoms with van der Waals surface area (Å²) in [6.07, 6.45) is 0. The van der Waals surface area contributed by atoms with E-state index in [-0.39, 0.29) is 10.6 Å². The van der Waals surface area contributed by atoms with Crippen molar-refractivity contribution in [2.75, 3.05) is 5.33 Å². The van der Waals surface area contributed by atoms with Crippen molar-refractivity contribution in [2.45, 2.75) is 11.8 Å². The summed E-state index contributed by atoms with van der Waals surface area (Å²) in [6, 6.07) is 7.95. The highest BCUT2D eigenvalue weighted by atomic mass is 79.9. The fourth-order valence-electron chi connectivity index (χ4n) is 0.989. The lowest BCUT2D eigenvalue weighted by Gasteiger charge is -2.06. The third kappa shape index (κ3) is 2.92. The zero-order valence-electron chi connectivity index (χ0n) is 7.26. The minimum Gasteiger partial charge on any atom is -0.297 e. The highest BCUT2D eigenvalue weighted by molar-refractivity contribution is 9.10. The van der Waals surface area contributed by atoms with Crippen LogP contribution in [0.25, 0.3) is 0 Å². The highest BCUT2D eigenvalue weighted by Crippen LogP contribution is 2.24. The number of hydrogen-bond donors (Lipinski definition) is 0. The Labute approximate surface area is 94.8 Å². The van der Waals surface area contributed by atoms with E-state index in [1.807, 2.05) is 31.2 Å². The standard InChI is InChI=1S/C10H10Br2O/c1-7-2-4-8(5-3-7)10(12)9(13)6-11/h2-5,10H,6H2,1H3. The lowest BCUT2D eigenvalue weighted by Crippen LogP contribution is -2.07. The predicted octanol–water partition coefficient (Wildman–Crippen LogP) is 3.40. The van der Waals surface area contributed by atoms with E-state index >= 15 is 0 Å². The molecule has 0 aromatic heterocycles. The van der Waals surface area contributed by atoms with E-state index < -0.39 is 0 Å². The van der Waals surface area contributed by atoms with Crippen LogP contribution >= 0.6 is 31.9 Å². The van der Waals surface area contributed by atoms with Gasteiger partial charge < -0.3 is 0 Å². The van der Waals surface area contributed by atoms with Crippen LogP contribution in [-0.4, -0.2) is 11.1 Å². The summed E-state index contributed by atoms with van der Waals surface area (Å²) in [5, 5.41) is 0.386. The lowest BCUT2D eigenvalue weighted by molar-refractivity contribution is -0.116. The molecular weight excluding hydrogens is 296 g/mol. The molecule has 1 rings (SSSR count). The van der Waals surface area contributed by atoms with Crippen LogP contribution in [-0.2, 0) is 4.79 Å². The molecule has 0 fully saturated rings. The summed E-state index contributed by atoms with van der Waals surface area (Å²) in [7, 11) is 0. The van der Waals surface area contributed by atoms with Crippen LogP contribution in [0.1, 0.15) is 16.0 Å². The van der Waals surface area contributed by atoms with Gasteiger partial charge in [0.2, 0.25) is 0 Å². The molecule has 0 aliphatic carbocycles. The number of ketones is 1. The molecule has 0 heterocycles. The predicted molar refractivity (Wildman–Crippen MR) is 61.6 cm³/mol. The number of Topliss-reactive ketones (excluding diaryl/α,β-unsaturated/α-hetero) is 1. The van der Waals surface area contributed by atoms with Gasteiger partial charge in [-0.3, -0.25) is 4.79 Å². The first-order chi connectivity index (χ1) is 6.15. The zero-order chi connectivity index (χ0) is 9.84. The summed E-state index contributed by atoms with van der Waals surface area (Å²) in [5.41, 5.74) is 2.21. The van der Waals surface area contributed by atoms with Crippen molar-refractivity contribution in [3.8, 4) is 0 Å². The number of rotatable bonds is 3. The molecule has 0 spiro atoms. The summed E-state index contributed by atoms with van der Waals surface area (Å²) in [5.74, 6) is 0.142. The van der Waals surface area contributed by atoms with Crippen molar-refractivity contribution in [3.05, 3.63) is 35.4 Å². The van der Waals surface area contributed by atoms with Gasteiger partial charge in [-0.05, 0) is 12.5 Å². The highest BCUT2D eigenvalue weighted by Gasteiger charge is 2.14. The van der Waals surface area contributed by atoms with Crippen molar-refractivity contribution in [1.29, 1.82) is 0 Å². The normalized spacial score (nSPS) is 12.5. The maximum atomic E-state index is 11.3. The molecule has 3 heteroatoms. The quantitative estimate of drug-likeness (QED) is 0.782. The Morgan fingerprint density at radius 3 is 2.38 bits per heavy atom. The molecule has 1 aromatic rings.